The molecule has 0 aliphatic carbocycles. The molecule has 0 amide bonds. The number of benzene rings is 1. The van der Waals surface area contributed by atoms with Gasteiger partial charge in [-0.25, -0.2) is 0 Å². The largest absolute Gasteiger partial charge is 0.480 e. The van der Waals surface area contributed by atoms with Crippen LogP contribution in [0.5, 0.6) is 0 Å². The van der Waals surface area contributed by atoms with Crippen molar-refractivity contribution < 1.29 is 9.90 Å². The third kappa shape index (κ3) is 4.97. The van der Waals surface area contributed by atoms with Gasteiger partial charge < -0.3 is 16.2 Å². The highest BCUT2D eigenvalue weighted by molar-refractivity contribution is 5.73. The fourth-order valence-electron chi connectivity index (χ4n) is 1.61. The Morgan fingerprint density at radius 3 is 2.65 bits per heavy atom. The lowest BCUT2D eigenvalue weighted by molar-refractivity contribution is -0.138. The summed E-state index contributed by atoms with van der Waals surface area (Å²) in [5.41, 5.74) is 6.69. The summed E-state index contributed by atoms with van der Waals surface area (Å²) in [5.74, 6) is -0.502. The molecule has 0 bridgehead atoms. The van der Waals surface area contributed by atoms with Crippen molar-refractivity contribution in [3.05, 3.63) is 35.9 Å². The Labute approximate surface area is 102 Å². The van der Waals surface area contributed by atoms with E-state index in [9.17, 15) is 4.79 Å². The molecule has 1 aromatic carbocycles. The van der Waals surface area contributed by atoms with Gasteiger partial charge in [0.2, 0.25) is 0 Å². The zero-order valence-corrected chi connectivity index (χ0v) is 10.1. The van der Waals surface area contributed by atoms with Crippen molar-refractivity contribution in [1.29, 1.82) is 0 Å². The maximum absolute atomic E-state index is 10.5. The summed E-state index contributed by atoms with van der Waals surface area (Å²) in [4.78, 5) is 10.5. The molecule has 1 aromatic rings. The highest BCUT2D eigenvalue weighted by atomic mass is 16.4. The Hall–Kier alpha value is -1.39. The smallest absolute Gasteiger partial charge is 0.321 e. The van der Waals surface area contributed by atoms with Gasteiger partial charge in [0.1, 0.15) is 6.04 Å². The molecule has 0 heterocycles. The number of aliphatic carboxylic acids is 1. The Morgan fingerprint density at radius 2 is 2.06 bits per heavy atom. The van der Waals surface area contributed by atoms with Crippen LogP contribution in [0.15, 0.2) is 30.3 Å². The predicted octanol–water partition coefficient (Wildman–Crippen LogP) is 1.18. The molecule has 0 aliphatic heterocycles. The van der Waals surface area contributed by atoms with Crippen LogP contribution in [0.4, 0.5) is 0 Å². The van der Waals surface area contributed by atoms with E-state index in [1.54, 1.807) is 0 Å². The minimum atomic E-state index is -0.964. The van der Waals surface area contributed by atoms with E-state index in [2.05, 4.69) is 24.4 Å². The lowest BCUT2D eigenvalue weighted by atomic mass is 9.98. The fraction of sp³-hybridized carbons (Fsp3) is 0.462. The average Bonchev–Trinajstić information content (AvgIpc) is 2.35. The van der Waals surface area contributed by atoms with Crippen LogP contribution in [0.25, 0.3) is 0 Å². The van der Waals surface area contributed by atoms with Crippen LogP contribution in [0.2, 0.25) is 0 Å². The van der Waals surface area contributed by atoms with Crippen molar-refractivity contribution in [2.75, 3.05) is 13.1 Å². The minimum absolute atomic E-state index is 0.316. The second-order valence-corrected chi connectivity index (χ2v) is 4.25. The number of carboxylic acids is 1. The Balaban J connectivity index is 2.21. The van der Waals surface area contributed by atoms with E-state index >= 15 is 0 Å². The lowest BCUT2D eigenvalue weighted by Gasteiger charge is -2.13. The molecule has 4 heteroatoms. The second-order valence-electron chi connectivity index (χ2n) is 4.25. The normalized spacial score (nSPS) is 14.2. The molecular formula is C13H20N2O2. The second kappa shape index (κ2) is 7.04. The predicted molar refractivity (Wildman–Crippen MR) is 68.0 cm³/mol. The molecule has 1 rings (SSSR count). The number of rotatable bonds is 7. The lowest BCUT2D eigenvalue weighted by Crippen LogP contribution is -2.40. The summed E-state index contributed by atoms with van der Waals surface area (Å²) in [6.07, 6.45) is 0.969. The first-order valence-corrected chi connectivity index (χ1v) is 5.85. The van der Waals surface area contributed by atoms with E-state index in [0.29, 0.717) is 12.5 Å². The van der Waals surface area contributed by atoms with Gasteiger partial charge in [-0.15, -0.1) is 0 Å². The maximum Gasteiger partial charge on any atom is 0.321 e. The number of carbonyl (C=O) groups is 1. The van der Waals surface area contributed by atoms with Crippen molar-refractivity contribution in [2.45, 2.75) is 25.3 Å². The number of nitrogens with one attached hydrogen (secondary N) is 1. The highest BCUT2D eigenvalue weighted by Gasteiger charge is 2.10. The molecule has 0 radical (unpaired) electrons. The van der Waals surface area contributed by atoms with Gasteiger partial charge in [-0.1, -0.05) is 37.3 Å². The summed E-state index contributed by atoms with van der Waals surface area (Å²) in [6.45, 7) is 3.25. The van der Waals surface area contributed by atoms with Crippen LogP contribution in [-0.4, -0.2) is 30.2 Å². The van der Waals surface area contributed by atoms with E-state index in [-0.39, 0.29) is 0 Å². The van der Waals surface area contributed by atoms with Gasteiger partial charge in [0, 0.05) is 6.54 Å². The number of carboxylic acid groups (broad SMARTS) is 1. The maximum atomic E-state index is 10.5. The van der Waals surface area contributed by atoms with E-state index in [1.165, 1.54) is 5.56 Å². The summed E-state index contributed by atoms with van der Waals surface area (Å²) >= 11 is 0. The van der Waals surface area contributed by atoms with Gasteiger partial charge in [-0.2, -0.15) is 0 Å². The highest BCUT2D eigenvalue weighted by Crippen LogP contribution is 2.17. The van der Waals surface area contributed by atoms with Crippen LogP contribution >= 0.6 is 0 Å². The van der Waals surface area contributed by atoms with Gasteiger partial charge in [-0.05, 0) is 24.4 Å². The standard InChI is InChI=1S/C13H20N2O2/c1-10(11-5-3-2-4-6-11)7-8-15-9-12(14)13(16)17/h2-6,10,12,15H,7-9,14H2,1H3,(H,16,17). The quantitative estimate of drug-likeness (QED) is 0.621. The number of nitrogens with two attached hydrogens (primary N) is 1. The van der Waals surface area contributed by atoms with E-state index in [4.69, 9.17) is 10.8 Å². The van der Waals surface area contributed by atoms with Crippen LogP contribution in [0.3, 0.4) is 0 Å². The first kappa shape index (κ1) is 13.7. The van der Waals surface area contributed by atoms with Crippen LogP contribution in [0, 0.1) is 0 Å². The van der Waals surface area contributed by atoms with Crippen LogP contribution in [0.1, 0.15) is 24.8 Å². The van der Waals surface area contributed by atoms with Gasteiger partial charge >= 0.3 is 5.97 Å². The molecular weight excluding hydrogens is 216 g/mol. The topological polar surface area (TPSA) is 75.3 Å². The van der Waals surface area contributed by atoms with Crippen molar-refractivity contribution >= 4 is 5.97 Å². The third-order valence-corrected chi connectivity index (χ3v) is 2.80. The van der Waals surface area contributed by atoms with Crippen molar-refractivity contribution in [2.24, 2.45) is 5.73 Å². The monoisotopic (exact) mass is 236 g/mol. The molecule has 0 spiro atoms. The van der Waals surface area contributed by atoms with Crippen molar-refractivity contribution in [3.63, 3.8) is 0 Å². The number of hydrogen-bond acceptors (Lipinski definition) is 3. The molecule has 17 heavy (non-hydrogen) atoms. The van der Waals surface area contributed by atoms with E-state index in [0.717, 1.165) is 13.0 Å². The molecule has 0 aromatic heterocycles. The molecule has 0 fully saturated rings. The van der Waals surface area contributed by atoms with E-state index < -0.39 is 12.0 Å². The van der Waals surface area contributed by atoms with Crippen LogP contribution in [-0.2, 0) is 4.79 Å². The summed E-state index contributed by atoms with van der Waals surface area (Å²) in [5, 5.41) is 11.7. The summed E-state index contributed by atoms with van der Waals surface area (Å²) in [7, 11) is 0. The molecule has 94 valence electrons. The van der Waals surface area contributed by atoms with Gasteiger partial charge in [0.25, 0.3) is 0 Å². The molecule has 0 aliphatic rings. The first-order chi connectivity index (χ1) is 8.11. The fourth-order valence-corrected chi connectivity index (χ4v) is 1.61. The Bertz CT molecular complexity index is 341. The zero-order chi connectivity index (χ0) is 12.7. The number of hydrogen-bond donors (Lipinski definition) is 3. The van der Waals surface area contributed by atoms with Crippen molar-refractivity contribution in [1.82, 2.24) is 5.32 Å². The summed E-state index contributed by atoms with van der Waals surface area (Å²) < 4.78 is 0. The van der Waals surface area contributed by atoms with Gasteiger partial charge in [0.15, 0.2) is 0 Å². The zero-order valence-electron chi connectivity index (χ0n) is 10.1. The first-order valence-electron chi connectivity index (χ1n) is 5.85. The van der Waals surface area contributed by atoms with Gasteiger partial charge in [0.05, 0.1) is 0 Å². The van der Waals surface area contributed by atoms with Gasteiger partial charge in [-0.3, -0.25) is 4.79 Å². The SMILES string of the molecule is CC(CCNCC(N)C(=O)O)c1ccccc1. The van der Waals surface area contributed by atoms with Crippen molar-refractivity contribution in [3.8, 4) is 0 Å². The van der Waals surface area contributed by atoms with E-state index in [1.807, 2.05) is 18.2 Å². The Morgan fingerprint density at radius 1 is 1.41 bits per heavy atom. The minimum Gasteiger partial charge on any atom is -0.480 e. The Kier molecular flexibility index (Phi) is 5.66. The third-order valence-electron chi connectivity index (χ3n) is 2.80. The molecule has 0 saturated carbocycles. The molecule has 4 nitrogen and oxygen atoms in total. The molecule has 2 atom stereocenters. The molecule has 0 saturated heterocycles. The summed E-state index contributed by atoms with van der Waals surface area (Å²) in [6, 6.07) is 9.45. The molecule has 2 unspecified atom stereocenters. The molecule has 4 N–H and O–H groups in total. The van der Waals surface area contributed by atoms with Crippen LogP contribution < -0.4 is 11.1 Å². The average molecular weight is 236 g/mol.